The summed E-state index contributed by atoms with van der Waals surface area (Å²) in [7, 11) is 0. The summed E-state index contributed by atoms with van der Waals surface area (Å²) in [6.45, 7) is 0. The summed E-state index contributed by atoms with van der Waals surface area (Å²) in [5, 5.41) is 0. The molecule has 46 heavy (non-hydrogen) atoms. The average molecular weight is 586 g/mol. The van der Waals surface area contributed by atoms with Crippen LogP contribution in [-0.4, -0.2) is 0 Å². The number of anilines is 3. The molecule has 216 valence electrons. The van der Waals surface area contributed by atoms with Crippen molar-refractivity contribution in [3.8, 4) is 44.5 Å². The van der Waals surface area contributed by atoms with Crippen molar-refractivity contribution in [2.75, 3.05) is 4.90 Å². The molecule has 0 fully saturated rings. The molecule has 0 N–H and O–H groups in total. The number of nitrogens with zero attached hydrogens (tertiary/aromatic N) is 1. The number of benzene rings is 7. The number of rotatable bonds is 4. The molecule has 0 bridgehead atoms. The summed E-state index contributed by atoms with van der Waals surface area (Å²) in [5.74, 6) is 0. The first-order valence-corrected chi connectivity index (χ1v) is 16.3. The molecule has 7 aromatic carbocycles. The Balaban J connectivity index is 1.15. The highest BCUT2D eigenvalue weighted by molar-refractivity contribution is 6.03. The van der Waals surface area contributed by atoms with Crippen molar-refractivity contribution in [2.45, 2.75) is 19.3 Å². The molecule has 10 rings (SSSR count). The first-order chi connectivity index (χ1) is 22.8. The van der Waals surface area contributed by atoms with E-state index >= 15 is 0 Å². The van der Waals surface area contributed by atoms with Gasteiger partial charge in [-0.2, -0.15) is 0 Å². The minimum absolute atomic E-state index is 0.986. The molecule has 3 aliphatic rings. The van der Waals surface area contributed by atoms with Gasteiger partial charge in [0.1, 0.15) is 0 Å². The van der Waals surface area contributed by atoms with E-state index in [0.29, 0.717) is 0 Å². The van der Waals surface area contributed by atoms with E-state index in [9.17, 15) is 0 Å². The fourth-order valence-corrected chi connectivity index (χ4v) is 8.37. The van der Waals surface area contributed by atoms with Crippen molar-refractivity contribution in [1.82, 2.24) is 0 Å². The minimum atomic E-state index is 0.986. The largest absolute Gasteiger partial charge is 0.311 e. The Labute approximate surface area is 270 Å². The van der Waals surface area contributed by atoms with Crippen molar-refractivity contribution < 1.29 is 0 Å². The predicted octanol–water partition coefficient (Wildman–Crippen LogP) is 11.5. The molecule has 0 aromatic heterocycles. The molecule has 0 aliphatic heterocycles. The van der Waals surface area contributed by atoms with Gasteiger partial charge in [0.15, 0.2) is 0 Å². The third-order valence-electron chi connectivity index (χ3n) is 10.3. The minimum Gasteiger partial charge on any atom is -0.311 e. The first-order valence-electron chi connectivity index (χ1n) is 16.3. The lowest BCUT2D eigenvalue weighted by molar-refractivity contribution is 1.23. The van der Waals surface area contributed by atoms with Crippen molar-refractivity contribution in [3.63, 3.8) is 0 Å². The SMILES string of the molecule is c1ccc(N(c2ccccc2)c2ccc(-c3cc4c(c5c3-c3ccccc3C5)-c3c(ccc5c3-c3ccccc3C5)C4)cc2)cc1. The van der Waals surface area contributed by atoms with Crippen molar-refractivity contribution >= 4 is 17.1 Å². The highest BCUT2D eigenvalue weighted by atomic mass is 15.1. The van der Waals surface area contributed by atoms with Gasteiger partial charge >= 0.3 is 0 Å². The molecule has 0 spiro atoms. The molecular formula is C45H31N. The van der Waals surface area contributed by atoms with Crippen LogP contribution in [0.2, 0.25) is 0 Å². The molecule has 0 saturated carbocycles. The van der Waals surface area contributed by atoms with Gasteiger partial charge in [-0.1, -0.05) is 109 Å². The van der Waals surface area contributed by atoms with Gasteiger partial charge in [0.25, 0.3) is 0 Å². The van der Waals surface area contributed by atoms with Gasteiger partial charge < -0.3 is 4.90 Å². The lowest BCUT2D eigenvalue weighted by Crippen LogP contribution is -2.09. The highest BCUT2D eigenvalue weighted by Gasteiger charge is 2.35. The topological polar surface area (TPSA) is 3.24 Å². The van der Waals surface area contributed by atoms with Gasteiger partial charge in [0.05, 0.1) is 0 Å². The van der Waals surface area contributed by atoms with Crippen molar-refractivity contribution in [2.24, 2.45) is 0 Å². The predicted molar refractivity (Wildman–Crippen MR) is 191 cm³/mol. The van der Waals surface area contributed by atoms with E-state index in [-0.39, 0.29) is 0 Å². The molecule has 1 heteroatoms. The summed E-state index contributed by atoms with van der Waals surface area (Å²) in [4.78, 5) is 2.33. The molecule has 1 nitrogen and oxygen atoms in total. The maximum Gasteiger partial charge on any atom is 0.0462 e. The summed E-state index contributed by atoms with van der Waals surface area (Å²) < 4.78 is 0. The molecule has 0 unspecified atom stereocenters. The van der Waals surface area contributed by atoms with Gasteiger partial charge in [-0.25, -0.2) is 0 Å². The lowest BCUT2D eigenvalue weighted by atomic mass is 9.86. The quantitative estimate of drug-likeness (QED) is 0.199. The Morgan fingerprint density at radius 3 is 1.52 bits per heavy atom. The van der Waals surface area contributed by atoms with E-state index in [4.69, 9.17) is 0 Å². The van der Waals surface area contributed by atoms with Gasteiger partial charge in [-0.3, -0.25) is 0 Å². The maximum atomic E-state index is 2.52. The monoisotopic (exact) mass is 585 g/mol. The van der Waals surface area contributed by atoms with Gasteiger partial charge in [-0.05, 0) is 140 Å². The molecule has 0 radical (unpaired) electrons. The third-order valence-corrected chi connectivity index (χ3v) is 10.3. The number of fused-ring (bicyclic) bond motifs is 11. The zero-order valence-electron chi connectivity index (χ0n) is 25.5. The molecule has 0 atom stereocenters. The fraction of sp³-hybridized carbons (Fsp3) is 0.0667. The Kier molecular flexibility index (Phi) is 5.53. The van der Waals surface area contributed by atoms with Crippen LogP contribution in [-0.2, 0) is 19.3 Å². The van der Waals surface area contributed by atoms with E-state index in [0.717, 1.165) is 36.3 Å². The standard InChI is InChI=1S/C45H31N/c1-3-13-35(14-4-1)46(36-15-5-2-6-16-36)37-23-21-29(22-24-37)40-28-34-26-33-20-19-32-25-30-11-7-9-17-38(30)42(32)44(33)43(34)41-27-31-12-8-10-18-39(31)45(40)41/h1-24,28H,25-27H2. The normalized spacial score (nSPS) is 13.0. The Bertz CT molecular complexity index is 2270. The van der Waals surface area contributed by atoms with Crippen molar-refractivity contribution in [3.05, 3.63) is 185 Å². The van der Waals surface area contributed by atoms with Crippen LogP contribution in [0.25, 0.3) is 44.5 Å². The van der Waals surface area contributed by atoms with Crippen LogP contribution in [0.3, 0.4) is 0 Å². The second kappa shape index (κ2) is 9.92. The van der Waals surface area contributed by atoms with Gasteiger partial charge in [0, 0.05) is 17.1 Å². The second-order valence-electron chi connectivity index (χ2n) is 12.8. The van der Waals surface area contributed by atoms with Crippen LogP contribution < -0.4 is 4.90 Å². The molecule has 0 heterocycles. The zero-order chi connectivity index (χ0) is 30.2. The Morgan fingerprint density at radius 1 is 0.326 bits per heavy atom. The maximum absolute atomic E-state index is 2.52. The van der Waals surface area contributed by atoms with E-state index in [1.165, 1.54) is 77.9 Å². The van der Waals surface area contributed by atoms with Crippen LogP contribution in [0.5, 0.6) is 0 Å². The molecule has 0 amide bonds. The first kappa shape index (κ1) is 25.6. The van der Waals surface area contributed by atoms with E-state index in [1.54, 1.807) is 0 Å². The zero-order valence-corrected chi connectivity index (χ0v) is 25.5. The number of para-hydroxylation sites is 2. The Morgan fingerprint density at radius 2 is 0.848 bits per heavy atom. The molecule has 3 aliphatic carbocycles. The van der Waals surface area contributed by atoms with Crippen LogP contribution >= 0.6 is 0 Å². The fourth-order valence-electron chi connectivity index (χ4n) is 8.37. The van der Waals surface area contributed by atoms with Crippen molar-refractivity contribution in [1.29, 1.82) is 0 Å². The number of hydrogen-bond acceptors (Lipinski definition) is 1. The van der Waals surface area contributed by atoms with Crippen LogP contribution in [0, 0.1) is 0 Å². The van der Waals surface area contributed by atoms with E-state index < -0.39 is 0 Å². The summed E-state index contributed by atoms with van der Waals surface area (Å²) >= 11 is 0. The summed E-state index contributed by atoms with van der Waals surface area (Å²) in [5.41, 5.74) is 23.6. The van der Waals surface area contributed by atoms with Crippen LogP contribution in [0.15, 0.2) is 152 Å². The molecular weight excluding hydrogens is 555 g/mol. The molecule has 0 saturated heterocycles. The van der Waals surface area contributed by atoms with Crippen LogP contribution in [0.4, 0.5) is 17.1 Å². The van der Waals surface area contributed by atoms with Crippen LogP contribution in [0.1, 0.15) is 33.4 Å². The second-order valence-corrected chi connectivity index (χ2v) is 12.8. The third kappa shape index (κ3) is 3.75. The lowest BCUT2D eigenvalue weighted by Gasteiger charge is -2.25. The van der Waals surface area contributed by atoms with Gasteiger partial charge in [0.2, 0.25) is 0 Å². The summed E-state index contributed by atoms with van der Waals surface area (Å²) in [6.07, 6.45) is 3.01. The molecule has 7 aromatic rings. The Hall–Kier alpha value is -5.66. The average Bonchev–Trinajstić information content (AvgIpc) is 3.80. The number of hydrogen-bond donors (Lipinski definition) is 0. The van der Waals surface area contributed by atoms with E-state index in [2.05, 4.69) is 157 Å². The van der Waals surface area contributed by atoms with E-state index in [1.807, 2.05) is 0 Å². The summed E-state index contributed by atoms with van der Waals surface area (Å²) in [6, 6.07) is 55.9. The highest BCUT2D eigenvalue weighted by Crippen LogP contribution is 2.55. The van der Waals surface area contributed by atoms with Gasteiger partial charge in [-0.15, -0.1) is 0 Å². The smallest absolute Gasteiger partial charge is 0.0462 e.